The summed E-state index contributed by atoms with van der Waals surface area (Å²) in [4.78, 5) is 18.1. The van der Waals surface area contributed by atoms with Crippen LogP contribution in [-0.2, 0) is 0 Å². The second kappa shape index (κ2) is 5.81. The van der Waals surface area contributed by atoms with Crippen molar-refractivity contribution in [3.05, 3.63) is 71.6 Å². The lowest BCUT2D eigenvalue weighted by Crippen LogP contribution is -2.29. The number of H-pyrrole nitrogens is 1. The molecule has 1 atom stereocenters. The van der Waals surface area contributed by atoms with Crippen LogP contribution in [0.15, 0.2) is 59.0 Å². The summed E-state index contributed by atoms with van der Waals surface area (Å²) in [5.41, 5.74) is 3.58. The van der Waals surface area contributed by atoms with Gasteiger partial charge in [0.15, 0.2) is 0 Å². The molecule has 2 aromatic carbocycles. The number of nitrogens with zero attached hydrogens (tertiary/aromatic N) is 1. The van der Waals surface area contributed by atoms with Crippen molar-refractivity contribution in [1.29, 1.82) is 0 Å². The molecule has 2 aromatic heterocycles. The first-order valence-electron chi connectivity index (χ1n) is 8.38. The molecule has 1 amide bonds. The molecule has 0 aliphatic carbocycles. The summed E-state index contributed by atoms with van der Waals surface area (Å²) in [6.07, 6.45) is 0. The van der Waals surface area contributed by atoms with Gasteiger partial charge in [0.05, 0.1) is 6.04 Å². The molecule has 4 nitrogen and oxygen atoms in total. The van der Waals surface area contributed by atoms with E-state index in [2.05, 4.69) is 17.1 Å². The number of aryl methyl sites for hydroxylation is 1. The highest BCUT2D eigenvalue weighted by molar-refractivity contribution is 5.98. The first-order valence-corrected chi connectivity index (χ1v) is 8.38. The minimum atomic E-state index is -0.0540. The van der Waals surface area contributed by atoms with Crippen molar-refractivity contribution in [2.24, 2.45) is 0 Å². The Morgan fingerprint density at radius 1 is 1.08 bits per heavy atom. The largest absolute Gasteiger partial charge is 0.461 e. The van der Waals surface area contributed by atoms with Gasteiger partial charge in [-0.2, -0.15) is 0 Å². The predicted octanol–water partition coefficient (Wildman–Crippen LogP) is 5.06. The quantitative estimate of drug-likeness (QED) is 0.570. The number of carbonyl (C=O) groups excluding carboxylic acids is 1. The summed E-state index contributed by atoms with van der Waals surface area (Å²) in [6.45, 7) is 3.94. The zero-order valence-corrected chi connectivity index (χ0v) is 14.5. The Balaban J connectivity index is 1.63. The van der Waals surface area contributed by atoms with Crippen LogP contribution in [-0.4, -0.2) is 22.8 Å². The van der Waals surface area contributed by atoms with Crippen molar-refractivity contribution in [2.75, 3.05) is 7.05 Å². The van der Waals surface area contributed by atoms with E-state index in [9.17, 15) is 4.79 Å². The fourth-order valence-corrected chi connectivity index (χ4v) is 3.22. The standard InChI is InChI=1S/C21H20N2O2/c1-13-10-17-11-16(8-9-20(17)25-13)21(24)23(3)14(2)19-12-15-6-4-5-7-18(15)22-19/h4-12,14,22H,1-3H3/t14-/m0/s1. The SMILES string of the molecule is Cc1cc2cc(C(=O)N(C)[C@@H](C)c3cc4ccccc4[nH]3)ccc2o1. The first-order chi connectivity index (χ1) is 12.0. The van der Waals surface area contributed by atoms with Crippen LogP contribution in [0.1, 0.15) is 34.8 Å². The summed E-state index contributed by atoms with van der Waals surface area (Å²) in [5, 5.41) is 2.11. The van der Waals surface area contributed by atoms with Gasteiger partial charge in [-0.3, -0.25) is 4.79 Å². The lowest BCUT2D eigenvalue weighted by molar-refractivity contribution is 0.0740. The average molecular weight is 332 g/mol. The van der Waals surface area contributed by atoms with Crippen LogP contribution < -0.4 is 0 Å². The molecule has 126 valence electrons. The fraction of sp³-hybridized carbons (Fsp3) is 0.190. The van der Waals surface area contributed by atoms with E-state index in [-0.39, 0.29) is 11.9 Å². The molecule has 0 bridgehead atoms. The van der Waals surface area contributed by atoms with E-state index in [1.54, 1.807) is 4.90 Å². The Morgan fingerprint density at radius 3 is 2.68 bits per heavy atom. The summed E-state index contributed by atoms with van der Waals surface area (Å²) in [6, 6.07) is 17.7. The van der Waals surface area contributed by atoms with E-state index in [4.69, 9.17) is 4.42 Å². The van der Waals surface area contributed by atoms with Crippen molar-refractivity contribution in [1.82, 2.24) is 9.88 Å². The Kier molecular flexibility index (Phi) is 3.61. The number of hydrogen-bond acceptors (Lipinski definition) is 2. The topological polar surface area (TPSA) is 49.2 Å². The second-order valence-corrected chi connectivity index (χ2v) is 6.51. The molecular weight excluding hydrogens is 312 g/mol. The van der Waals surface area contributed by atoms with E-state index in [0.717, 1.165) is 33.3 Å². The molecule has 4 heteroatoms. The van der Waals surface area contributed by atoms with Gasteiger partial charge in [-0.05, 0) is 55.6 Å². The number of rotatable bonds is 3. The van der Waals surface area contributed by atoms with E-state index in [0.29, 0.717) is 5.56 Å². The molecule has 25 heavy (non-hydrogen) atoms. The summed E-state index contributed by atoms with van der Waals surface area (Å²) < 4.78 is 5.58. The minimum absolute atomic E-state index is 0.00749. The van der Waals surface area contributed by atoms with Crippen LogP contribution in [0, 0.1) is 6.92 Å². The van der Waals surface area contributed by atoms with Crippen molar-refractivity contribution >= 4 is 27.8 Å². The van der Waals surface area contributed by atoms with Gasteiger partial charge in [-0.1, -0.05) is 18.2 Å². The van der Waals surface area contributed by atoms with E-state index >= 15 is 0 Å². The van der Waals surface area contributed by atoms with E-state index in [1.165, 1.54) is 0 Å². The van der Waals surface area contributed by atoms with Gasteiger partial charge in [0, 0.05) is 29.2 Å². The Labute approximate surface area is 146 Å². The molecule has 0 saturated carbocycles. The predicted molar refractivity (Wildman–Crippen MR) is 99.8 cm³/mol. The van der Waals surface area contributed by atoms with Crippen LogP contribution in [0.3, 0.4) is 0 Å². The van der Waals surface area contributed by atoms with Crippen LogP contribution in [0.4, 0.5) is 0 Å². The van der Waals surface area contributed by atoms with E-state index < -0.39 is 0 Å². The molecule has 4 rings (SSSR count). The Morgan fingerprint density at radius 2 is 1.88 bits per heavy atom. The third-order valence-electron chi connectivity index (χ3n) is 4.79. The highest BCUT2D eigenvalue weighted by atomic mass is 16.3. The van der Waals surface area contributed by atoms with Crippen molar-refractivity contribution < 1.29 is 9.21 Å². The zero-order chi connectivity index (χ0) is 17.6. The maximum Gasteiger partial charge on any atom is 0.254 e. The van der Waals surface area contributed by atoms with Gasteiger partial charge in [-0.25, -0.2) is 0 Å². The van der Waals surface area contributed by atoms with E-state index in [1.807, 2.05) is 63.4 Å². The van der Waals surface area contributed by atoms with Crippen LogP contribution in [0.25, 0.3) is 21.9 Å². The summed E-state index contributed by atoms with van der Waals surface area (Å²) >= 11 is 0. The van der Waals surface area contributed by atoms with Gasteiger partial charge in [0.1, 0.15) is 11.3 Å². The summed E-state index contributed by atoms with van der Waals surface area (Å²) in [7, 11) is 1.84. The molecule has 0 fully saturated rings. The fourth-order valence-electron chi connectivity index (χ4n) is 3.22. The number of carbonyl (C=O) groups is 1. The number of hydrogen-bond donors (Lipinski definition) is 1. The lowest BCUT2D eigenvalue weighted by Gasteiger charge is -2.24. The molecule has 1 N–H and O–H groups in total. The number of amides is 1. The molecule has 4 aromatic rings. The molecular formula is C21H20N2O2. The first kappa shape index (κ1) is 15.5. The number of furan rings is 1. The minimum Gasteiger partial charge on any atom is -0.461 e. The van der Waals surface area contributed by atoms with Gasteiger partial charge < -0.3 is 14.3 Å². The number of aromatic nitrogens is 1. The molecule has 0 radical (unpaired) electrons. The number of benzene rings is 2. The van der Waals surface area contributed by atoms with Gasteiger partial charge in [-0.15, -0.1) is 0 Å². The maximum absolute atomic E-state index is 12.9. The molecule has 0 aliphatic rings. The van der Waals surface area contributed by atoms with Gasteiger partial charge >= 0.3 is 0 Å². The van der Waals surface area contributed by atoms with Crippen LogP contribution >= 0.6 is 0 Å². The highest BCUT2D eigenvalue weighted by Gasteiger charge is 2.21. The molecule has 2 heterocycles. The Hall–Kier alpha value is -3.01. The van der Waals surface area contributed by atoms with Gasteiger partial charge in [0.2, 0.25) is 0 Å². The highest BCUT2D eigenvalue weighted by Crippen LogP contribution is 2.26. The molecule has 0 unspecified atom stereocenters. The summed E-state index contributed by atoms with van der Waals surface area (Å²) in [5.74, 6) is 0.839. The third kappa shape index (κ3) is 2.70. The average Bonchev–Trinajstić information content (AvgIpc) is 3.21. The lowest BCUT2D eigenvalue weighted by atomic mass is 10.1. The second-order valence-electron chi connectivity index (χ2n) is 6.51. The molecule has 0 aliphatic heterocycles. The normalized spacial score (nSPS) is 12.6. The number of nitrogens with one attached hydrogen (secondary N) is 1. The van der Waals surface area contributed by atoms with Crippen molar-refractivity contribution in [3.63, 3.8) is 0 Å². The number of para-hydroxylation sites is 1. The van der Waals surface area contributed by atoms with Crippen LogP contribution in [0.5, 0.6) is 0 Å². The maximum atomic E-state index is 12.9. The van der Waals surface area contributed by atoms with Crippen molar-refractivity contribution in [2.45, 2.75) is 19.9 Å². The third-order valence-corrected chi connectivity index (χ3v) is 4.79. The number of fused-ring (bicyclic) bond motifs is 2. The molecule has 0 saturated heterocycles. The monoisotopic (exact) mass is 332 g/mol. The number of aromatic amines is 1. The van der Waals surface area contributed by atoms with Crippen LogP contribution in [0.2, 0.25) is 0 Å². The molecule has 0 spiro atoms. The van der Waals surface area contributed by atoms with Gasteiger partial charge in [0.25, 0.3) is 5.91 Å². The van der Waals surface area contributed by atoms with Crippen molar-refractivity contribution in [3.8, 4) is 0 Å². The Bertz CT molecular complexity index is 1040. The smallest absolute Gasteiger partial charge is 0.254 e. The zero-order valence-electron chi connectivity index (χ0n) is 14.5.